The van der Waals surface area contributed by atoms with Crippen molar-refractivity contribution in [3.63, 3.8) is 0 Å². The molecule has 0 bridgehead atoms. The second-order valence-electron chi connectivity index (χ2n) is 3.13. The Kier molecular flexibility index (Phi) is 3.88. The molecule has 0 saturated carbocycles. The van der Waals surface area contributed by atoms with Crippen molar-refractivity contribution in [2.75, 3.05) is 0 Å². The average molecular weight is 230 g/mol. The van der Waals surface area contributed by atoms with Gasteiger partial charge in [0.15, 0.2) is 10.9 Å². The third-order valence-electron chi connectivity index (χ3n) is 1.54. The largest absolute Gasteiger partial charge is 0.488 e. The minimum absolute atomic E-state index is 0.00140. The van der Waals surface area contributed by atoms with Crippen LogP contribution >= 0.6 is 11.6 Å². The Bertz CT molecular complexity index is 368. The quantitative estimate of drug-likeness (QED) is 0.353. The van der Waals surface area contributed by atoms with Crippen molar-refractivity contribution in [1.29, 1.82) is 0 Å². The number of ether oxygens (including phenoxy) is 1. The van der Waals surface area contributed by atoms with Crippen LogP contribution < -0.4 is 16.0 Å². The van der Waals surface area contributed by atoms with Gasteiger partial charge in [-0.2, -0.15) is 0 Å². The number of aromatic nitrogens is 1. The van der Waals surface area contributed by atoms with E-state index in [1.54, 1.807) is 6.07 Å². The van der Waals surface area contributed by atoms with E-state index in [9.17, 15) is 4.79 Å². The van der Waals surface area contributed by atoms with E-state index in [1.165, 1.54) is 6.07 Å². The molecule has 0 aliphatic heterocycles. The average Bonchev–Trinajstić information content (AvgIpc) is 2.19. The van der Waals surface area contributed by atoms with Gasteiger partial charge in [0.1, 0.15) is 5.69 Å². The Balaban J connectivity index is 2.93. The summed E-state index contributed by atoms with van der Waals surface area (Å²) in [4.78, 5) is 14.9. The lowest BCUT2D eigenvalue weighted by Gasteiger charge is -2.10. The van der Waals surface area contributed by atoms with Gasteiger partial charge in [-0.05, 0) is 26.0 Å². The summed E-state index contributed by atoms with van der Waals surface area (Å²) in [6, 6.07) is 3.08. The number of nitrogens with one attached hydrogen (secondary N) is 1. The van der Waals surface area contributed by atoms with Gasteiger partial charge in [-0.1, -0.05) is 11.6 Å². The molecule has 5 nitrogen and oxygen atoms in total. The number of hydrogen-bond donors (Lipinski definition) is 2. The maximum atomic E-state index is 11.1. The lowest BCUT2D eigenvalue weighted by molar-refractivity contribution is 0.0948. The fraction of sp³-hybridized carbons (Fsp3) is 0.333. The molecule has 0 fully saturated rings. The third-order valence-corrected chi connectivity index (χ3v) is 1.81. The van der Waals surface area contributed by atoms with E-state index >= 15 is 0 Å². The van der Waals surface area contributed by atoms with Crippen LogP contribution in [0.2, 0.25) is 5.15 Å². The number of halogens is 1. The fourth-order valence-electron chi connectivity index (χ4n) is 0.964. The predicted octanol–water partition coefficient (Wildman–Crippen LogP) is 1.13. The zero-order valence-electron chi connectivity index (χ0n) is 8.45. The first-order valence-electron chi connectivity index (χ1n) is 4.38. The van der Waals surface area contributed by atoms with Crippen molar-refractivity contribution in [1.82, 2.24) is 10.4 Å². The molecule has 82 valence electrons. The van der Waals surface area contributed by atoms with Crippen molar-refractivity contribution >= 4 is 17.5 Å². The molecule has 0 aliphatic rings. The second-order valence-corrected chi connectivity index (χ2v) is 3.48. The monoisotopic (exact) mass is 229 g/mol. The van der Waals surface area contributed by atoms with E-state index < -0.39 is 5.91 Å². The Morgan fingerprint density at radius 2 is 2.27 bits per heavy atom. The van der Waals surface area contributed by atoms with Gasteiger partial charge in [-0.15, -0.1) is 0 Å². The summed E-state index contributed by atoms with van der Waals surface area (Å²) in [5, 5.41) is 0.143. The highest BCUT2D eigenvalue weighted by Gasteiger charge is 2.10. The molecule has 15 heavy (non-hydrogen) atoms. The van der Waals surface area contributed by atoms with Gasteiger partial charge in [0.2, 0.25) is 0 Å². The van der Waals surface area contributed by atoms with E-state index in [0.29, 0.717) is 5.75 Å². The van der Waals surface area contributed by atoms with Crippen LogP contribution in [0.15, 0.2) is 12.1 Å². The smallest absolute Gasteiger partial charge is 0.283 e. The van der Waals surface area contributed by atoms with Gasteiger partial charge >= 0.3 is 0 Å². The molecule has 1 aromatic heterocycles. The summed E-state index contributed by atoms with van der Waals surface area (Å²) in [6.07, 6.45) is -0.00140. The Morgan fingerprint density at radius 1 is 1.60 bits per heavy atom. The summed E-state index contributed by atoms with van der Waals surface area (Å²) in [5.41, 5.74) is 2.12. The summed E-state index contributed by atoms with van der Waals surface area (Å²) in [5.74, 6) is 4.91. The van der Waals surface area contributed by atoms with E-state index in [2.05, 4.69) is 4.98 Å². The predicted molar refractivity (Wildman–Crippen MR) is 56.7 cm³/mol. The van der Waals surface area contributed by atoms with E-state index in [-0.39, 0.29) is 17.0 Å². The van der Waals surface area contributed by atoms with Crippen LogP contribution in [0.25, 0.3) is 0 Å². The van der Waals surface area contributed by atoms with Gasteiger partial charge in [0.25, 0.3) is 5.91 Å². The van der Waals surface area contributed by atoms with Crippen LogP contribution in [0, 0.1) is 0 Å². The summed E-state index contributed by atoms with van der Waals surface area (Å²) in [6.45, 7) is 3.74. The molecular weight excluding hydrogens is 218 g/mol. The van der Waals surface area contributed by atoms with Gasteiger partial charge in [-0.25, -0.2) is 10.8 Å². The number of carbonyl (C=O) groups excluding carboxylic acids is 1. The molecule has 0 aromatic carbocycles. The van der Waals surface area contributed by atoms with Crippen LogP contribution in [0.4, 0.5) is 0 Å². The standard InChI is InChI=1S/C9H12ClN3O2/c1-5(2)15-7-4-3-6(9(14)13-11)12-8(7)10/h3-5H,11H2,1-2H3,(H,13,14). The van der Waals surface area contributed by atoms with E-state index in [4.69, 9.17) is 22.2 Å². The first-order valence-corrected chi connectivity index (χ1v) is 4.76. The van der Waals surface area contributed by atoms with Crippen LogP contribution in [-0.2, 0) is 0 Å². The maximum absolute atomic E-state index is 11.1. The number of nitrogens with two attached hydrogens (primary N) is 1. The summed E-state index contributed by atoms with van der Waals surface area (Å²) in [7, 11) is 0. The normalized spacial score (nSPS) is 10.2. The van der Waals surface area contributed by atoms with Gasteiger partial charge in [-0.3, -0.25) is 10.2 Å². The topological polar surface area (TPSA) is 77.2 Å². The molecule has 1 amide bonds. The van der Waals surface area contributed by atoms with Crippen LogP contribution in [0.5, 0.6) is 5.75 Å². The highest BCUT2D eigenvalue weighted by atomic mass is 35.5. The number of carbonyl (C=O) groups is 1. The first-order chi connectivity index (χ1) is 7.04. The minimum atomic E-state index is -0.493. The molecule has 0 spiro atoms. The van der Waals surface area contributed by atoms with Gasteiger partial charge < -0.3 is 4.74 Å². The fourth-order valence-corrected chi connectivity index (χ4v) is 1.16. The number of hydrazine groups is 1. The number of nitrogens with zero attached hydrogens (tertiary/aromatic N) is 1. The number of nitrogen functional groups attached to an aromatic ring is 1. The number of pyridine rings is 1. The molecule has 0 unspecified atom stereocenters. The van der Waals surface area contributed by atoms with Crippen molar-refractivity contribution in [2.45, 2.75) is 20.0 Å². The second kappa shape index (κ2) is 4.95. The summed E-state index contributed by atoms with van der Waals surface area (Å²) >= 11 is 5.82. The zero-order valence-corrected chi connectivity index (χ0v) is 9.21. The first kappa shape index (κ1) is 11.7. The third kappa shape index (κ3) is 3.07. The molecule has 6 heteroatoms. The Morgan fingerprint density at radius 3 is 2.73 bits per heavy atom. The molecule has 3 N–H and O–H groups in total. The summed E-state index contributed by atoms with van der Waals surface area (Å²) < 4.78 is 5.36. The van der Waals surface area contributed by atoms with Crippen molar-refractivity contribution in [2.24, 2.45) is 5.84 Å². The number of rotatable bonds is 3. The van der Waals surface area contributed by atoms with Crippen LogP contribution in [-0.4, -0.2) is 17.0 Å². The number of hydrogen-bond acceptors (Lipinski definition) is 4. The lowest BCUT2D eigenvalue weighted by atomic mass is 10.3. The van der Waals surface area contributed by atoms with Gasteiger partial charge in [0, 0.05) is 0 Å². The molecule has 1 heterocycles. The lowest BCUT2D eigenvalue weighted by Crippen LogP contribution is -2.30. The van der Waals surface area contributed by atoms with E-state index in [0.717, 1.165) is 0 Å². The minimum Gasteiger partial charge on any atom is -0.488 e. The molecule has 0 atom stereocenters. The molecule has 0 aliphatic carbocycles. The molecule has 1 aromatic rings. The molecule has 0 radical (unpaired) electrons. The Hall–Kier alpha value is -1.33. The van der Waals surface area contributed by atoms with Gasteiger partial charge in [0.05, 0.1) is 6.10 Å². The molecular formula is C9H12ClN3O2. The maximum Gasteiger partial charge on any atom is 0.283 e. The van der Waals surface area contributed by atoms with Crippen molar-refractivity contribution in [3.05, 3.63) is 23.0 Å². The van der Waals surface area contributed by atoms with E-state index in [1.807, 2.05) is 19.3 Å². The van der Waals surface area contributed by atoms with Crippen LogP contribution in [0.3, 0.4) is 0 Å². The molecule has 0 saturated heterocycles. The Labute approximate surface area is 92.5 Å². The van der Waals surface area contributed by atoms with Crippen LogP contribution in [0.1, 0.15) is 24.3 Å². The SMILES string of the molecule is CC(C)Oc1ccc(C(=O)NN)nc1Cl. The highest BCUT2D eigenvalue weighted by Crippen LogP contribution is 2.23. The zero-order chi connectivity index (χ0) is 11.4. The highest BCUT2D eigenvalue weighted by molar-refractivity contribution is 6.31. The van der Waals surface area contributed by atoms with Crippen molar-refractivity contribution in [3.8, 4) is 5.75 Å². The molecule has 1 rings (SSSR count). The van der Waals surface area contributed by atoms with Crippen molar-refractivity contribution < 1.29 is 9.53 Å². The number of amides is 1.